The smallest absolute Gasteiger partial charge is 0.338 e. The van der Waals surface area contributed by atoms with E-state index in [1.807, 2.05) is 24.3 Å². The van der Waals surface area contributed by atoms with E-state index in [4.69, 9.17) is 4.74 Å². The second kappa shape index (κ2) is 12.8. The number of nitrogens with zero attached hydrogens (tertiary/aromatic N) is 1. The first-order valence-electron chi connectivity index (χ1n) is 12.4. The van der Waals surface area contributed by atoms with Gasteiger partial charge in [0.2, 0.25) is 0 Å². The average molecular weight is 444 g/mol. The predicted molar refractivity (Wildman–Crippen MR) is 138 cm³/mol. The van der Waals surface area contributed by atoms with Crippen LogP contribution in [-0.2, 0) is 4.74 Å². The van der Waals surface area contributed by atoms with E-state index >= 15 is 0 Å². The van der Waals surface area contributed by atoms with Crippen molar-refractivity contribution in [3.63, 3.8) is 0 Å². The number of anilines is 1. The second-order valence-electron chi connectivity index (χ2n) is 8.36. The molecular formula is C30H37NO2. The third-order valence-electron chi connectivity index (χ3n) is 6.19. The molecule has 0 aliphatic heterocycles. The Morgan fingerprint density at radius 2 is 1.36 bits per heavy atom. The largest absolute Gasteiger partial charge is 0.462 e. The van der Waals surface area contributed by atoms with E-state index in [1.54, 1.807) is 0 Å². The summed E-state index contributed by atoms with van der Waals surface area (Å²) in [6.45, 7) is 8.71. The fourth-order valence-corrected chi connectivity index (χ4v) is 4.46. The molecule has 3 aromatic carbocycles. The Morgan fingerprint density at radius 3 is 1.91 bits per heavy atom. The van der Waals surface area contributed by atoms with Crippen LogP contribution in [0.4, 0.5) is 5.69 Å². The van der Waals surface area contributed by atoms with Gasteiger partial charge in [-0.1, -0.05) is 92.9 Å². The van der Waals surface area contributed by atoms with Gasteiger partial charge in [0.1, 0.15) is 0 Å². The minimum Gasteiger partial charge on any atom is -0.462 e. The van der Waals surface area contributed by atoms with Crippen LogP contribution >= 0.6 is 0 Å². The number of ether oxygens (including phenoxy) is 1. The van der Waals surface area contributed by atoms with E-state index in [0.29, 0.717) is 12.2 Å². The maximum atomic E-state index is 13.4. The molecule has 0 spiro atoms. The summed E-state index contributed by atoms with van der Waals surface area (Å²) in [6.07, 6.45) is 4.34. The van der Waals surface area contributed by atoms with Gasteiger partial charge in [0, 0.05) is 30.3 Å². The standard InChI is InChI=1S/C30H37NO2/c1-4-7-8-15-23-33-30(32)26-21-16-22-27(31(5-2)6-3)29(26)28(24-17-11-9-12-18-24)25-19-13-10-14-20-25/h9-14,16-22,28H,4-8,15,23H2,1-3H3. The highest BCUT2D eigenvalue weighted by Gasteiger charge is 2.27. The molecule has 0 unspecified atom stereocenters. The van der Waals surface area contributed by atoms with Crippen LogP contribution in [0, 0.1) is 0 Å². The topological polar surface area (TPSA) is 29.5 Å². The van der Waals surface area contributed by atoms with Crippen molar-refractivity contribution < 1.29 is 9.53 Å². The lowest BCUT2D eigenvalue weighted by molar-refractivity contribution is 0.0496. The molecule has 3 nitrogen and oxygen atoms in total. The van der Waals surface area contributed by atoms with Gasteiger partial charge in [-0.15, -0.1) is 0 Å². The fraction of sp³-hybridized carbons (Fsp3) is 0.367. The molecule has 33 heavy (non-hydrogen) atoms. The number of esters is 1. The molecule has 0 aromatic heterocycles. The maximum absolute atomic E-state index is 13.4. The van der Waals surface area contributed by atoms with E-state index in [1.165, 1.54) is 24.0 Å². The van der Waals surface area contributed by atoms with Crippen LogP contribution in [0.1, 0.15) is 79.4 Å². The molecule has 0 aliphatic carbocycles. The quantitative estimate of drug-likeness (QED) is 0.165. The van der Waals surface area contributed by atoms with Crippen LogP contribution in [-0.4, -0.2) is 25.7 Å². The van der Waals surface area contributed by atoms with Crippen molar-refractivity contribution >= 4 is 11.7 Å². The van der Waals surface area contributed by atoms with Crippen LogP contribution in [0.15, 0.2) is 78.9 Å². The summed E-state index contributed by atoms with van der Waals surface area (Å²) in [5.74, 6) is -0.292. The molecule has 0 heterocycles. The molecule has 0 amide bonds. The number of carbonyl (C=O) groups is 1. The summed E-state index contributed by atoms with van der Waals surface area (Å²) in [6, 6.07) is 27.0. The monoisotopic (exact) mass is 443 g/mol. The van der Waals surface area contributed by atoms with Crippen molar-refractivity contribution in [1.82, 2.24) is 0 Å². The fourth-order valence-electron chi connectivity index (χ4n) is 4.46. The lowest BCUT2D eigenvalue weighted by atomic mass is 9.81. The molecular weight excluding hydrogens is 406 g/mol. The minimum atomic E-state index is -0.229. The summed E-state index contributed by atoms with van der Waals surface area (Å²) >= 11 is 0. The number of benzene rings is 3. The van der Waals surface area contributed by atoms with Crippen molar-refractivity contribution in [3.05, 3.63) is 101 Å². The van der Waals surface area contributed by atoms with Gasteiger partial charge in [-0.2, -0.15) is 0 Å². The molecule has 3 rings (SSSR count). The lowest BCUT2D eigenvalue weighted by Crippen LogP contribution is -2.26. The Morgan fingerprint density at radius 1 is 0.758 bits per heavy atom. The molecule has 3 aromatic rings. The molecule has 0 saturated carbocycles. The Kier molecular flexibility index (Phi) is 9.56. The van der Waals surface area contributed by atoms with Crippen LogP contribution in [0.25, 0.3) is 0 Å². The first-order valence-corrected chi connectivity index (χ1v) is 12.4. The molecule has 0 saturated heterocycles. The number of unbranched alkanes of at least 4 members (excludes halogenated alkanes) is 3. The number of carbonyl (C=O) groups excluding carboxylic acids is 1. The molecule has 0 atom stereocenters. The van der Waals surface area contributed by atoms with Crippen LogP contribution in [0.3, 0.4) is 0 Å². The number of hydrogen-bond donors (Lipinski definition) is 0. The maximum Gasteiger partial charge on any atom is 0.338 e. The van der Waals surface area contributed by atoms with E-state index in [9.17, 15) is 4.79 Å². The van der Waals surface area contributed by atoms with E-state index < -0.39 is 0 Å². The Hall–Kier alpha value is -3.07. The van der Waals surface area contributed by atoms with Gasteiger partial charge < -0.3 is 9.64 Å². The van der Waals surface area contributed by atoms with Gasteiger partial charge >= 0.3 is 5.97 Å². The van der Waals surface area contributed by atoms with Crippen molar-refractivity contribution in [3.8, 4) is 0 Å². The third kappa shape index (κ3) is 6.25. The van der Waals surface area contributed by atoms with Gasteiger partial charge in [-0.05, 0) is 43.5 Å². The number of rotatable bonds is 12. The third-order valence-corrected chi connectivity index (χ3v) is 6.19. The Labute approximate surface area is 199 Å². The van der Waals surface area contributed by atoms with Crippen molar-refractivity contribution in [2.75, 3.05) is 24.6 Å². The van der Waals surface area contributed by atoms with E-state index in [-0.39, 0.29) is 11.9 Å². The van der Waals surface area contributed by atoms with Crippen LogP contribution in [0.5, 0.6) is 0 Å². The SMILES string of the molecule is CCCCCCOC(=O)c1cccc(N(CC)CC)c1C(c1ccccc1)c1ccccc1. The highest BCUT2D eigenvalue weighted by atomic mass is 16.5. The average Bonchev–Trinajstić information content (AvgIpc) is 2.86. The molecule has 0 aliphatic rings. The molecule has 0 fully saturated rings. The Balaban J connectivity index is 2.12. The van der Waals surface area contributed by atoms with Crippen LogP contribution < -0.4 is 4.90 Å². The summed E-state index contributed by atoms with van der Waals surface area (Å²) in [5.41, 5.74) is 5.11. The predicted octanol–water partition coefficient (Wildman–Crippen LogP) is 7.45. The molecule has 0 N–H and O–H groups in total. The van der Waals surface area contributed by atoms with E-state index in [0.717, 1.165) is 37.2 Å². The first kappa shape index (κ1) is 24.6. The zero-order chi connectivity index (χ0) is 23.5. The van der Waals surface area contributed by atoms with Crippen LogP contribution in [0.2, 0.25) is 0 Å². The van der Waals surface area contributed by atoms with Gasteiger partial charge in [-0.3, -0.25) is 0 Å². The second-order valence-corrected chi connectivity index (χ2v) is 8.36. The normalized spacial score (nSPS) is 10.9. The Bertz CT molecular complexity index is 941. The number of hydrogen-bond acceptors (Lipinski definition) is 3. The van der Waals surface area contributed by atoms with Crippen molar-refractivity contribution in [2.24, 2.45) is 0 Å². The minimum absolute atomic E-state index is 0.0631. The van der Waals surface area contributed by atoms with Gasteiger partial charge in [-0.25, -0.2) is 4.79 Å². The van der Waals surface area contributed by atoms with Gasteiger partial charge in [0.05, 0.1) is 12.2 Å². The summed E-state index contributed by atoms with van der Waals surface area (Å²) in [4.78, 5) is 15.7. The summed E-state index contributed by atoms with van der Waals surface area (Å²) in [7, 11) is 0. The van der Waals surface area contributed by atoms with Crippen molar-refractivity contribution in [2.45, 2.75) is 52.4 Å². The summed E-state index contributed by atoms with van der Waals surface area (Å²) in [5, 5.41) is 0. The van der Waals surface area contributed by atoms with Gasteiger partial charge in [0.25, 0.3) is 0 Å². The molecule has 0 radical (unpaired) electrons. The lowest BCUT2D eigenvalue weighted by Gasteiger charge is -2.30. The van der Waals surface area contributed by atoms with E-state index in [2.05, 4.69) is 80.3 Å². The molecule has 3 heteroatoms. The first-order chi connectivity index (χ1) is 16.2. The van der Waals surface area contributed by atoms with Crippen molar-refractivity contribution in [1.29, 1.82) is 0 Å². The zero-order valence-corrected chi connectivity index (χ0v) is 20.3. The highest BCUT2D eigenvalue weighted by molar-refractivity contribution is 5.94. The summed E-state index contributed by atoms with van der Waals surface area (Å²) < 4.78 is 5.78. The van der Waals surface area contributed by atoms with Gasteiger partial charge in [0.15, 0.2) is 0 Å². The zero-order valence-electron chi connectivity index (χ0n) is 20.3. The molecule has 174 valence electrons. The molecule has 0 bridgehead atoms. The highest BCUT2D eigenvalue weighted by Crippen LogP contribution is 2.40.